The van der Waals surface area contributed by atoms with E-state index in [1.807, 2.05) is 38.2 Å². The Balaban J connectivity index is 1.53. The van der Waals surface area contributed by atoms with Gasteiger partial charge in [0.25, 0.3) is 0 Å². The van der Waals surface area contributed by atoms with Gasteiger partial charge < -0.3 is 9.40 Å². The Kier molecular flexibility index (Phi) is 5.24. The van der Waals surface area contributed by atoms with Gasteiger partial charge in [0.1, 0.15) is 5.82 Å². The van der Waals surface area contributed by atoms with Gasteiger partial charge in [0.15, 0.2) is 5.65 Å². The normalized spacial score (nSPS) is 19.9. The molecule has 0 N–H and O–H groups in total. The first-order chi connectivity index (χ1) is 15.7. The van der Waals surface area contributed by atoms with Crippen LogP contribution in [0.4, 0.5) is 0 Å². The Morgan fingerprint density at radius 2 is 1.82 bits per heavy atom. The average Bonchev–Trinajstić information content (AvgIpc) is 3.39. The minimum absolute atomic E-state index is 0.141. The summed E-state index contributed by atoms with van der Waals surface area (Å²) in [7, 11) is 0. The van der Waals surface area contributed by atoms with Crippen molar-refractivity contribution in [2.24, 2.45) is 11.3 Å². The summed E-state index contributed by atoms with van der Waals surface area (Å²) in [6.45, 7) is 11.3. The molecule has 0 radical (unpaired) electrons. The van der Waals surface area contributed by atoms with E-state index in [9.17, 15) is 4.79 Å². The zero-order chi connectivity index (χ0) is 23.3. The first-order valence-corrected chi connectivity index (χ1v) is 11.6. The lowest BCUT2D eigenvalue weighted by Crippen LogP contribution is -2.42. The highest BCUT2D eigenvalue weighted by molar-refractivity contribution is 5.78. The first-order valence-electron chi connectivity index (χ1n) is 11.6. The largest absolute Gasteiger partial charge is 0.367 e. The van der Waals surface area contributed by atoms with Crippen LogP contribution in [0.25, 0.3) is 22.4 Å². The molecule has 1 aromatic carbocycles. The van der Waals surface area contributed by atoms with E-state index in [2.05, 4.69) is 59.3 Å². The van der Waals surface area contributed by atoms with E-state index < -0.39 is 5.41 Å². The van der Waals surface area contributed by atoms with Crippen molar-refractivity contribution in [1.82, 2.24) is 24.0 Å². The number of benzene rings is 1. The summed E-state index contributed by atoms with van der Waals surface area (Å²) in [6, 6.07) is 10.5. The molecule has 1 saturated heterocycles. The zero-order valence-corrected chi connectivity index (χ0v) is 19.9. The Morgan fingerprint density at radius 3 is 2.55 bits per heavy atom. The molecule has 7 nitrogen and oxygen atoms in total. The molecule has 1 aliphatic heterocycles. The molecular weight excluding hydrogens is 414 g/mol. The topological polar surface area (TPSA) is 64.7 Å². The second-order valence-electron chi connectivity index (χ2n) is 10.3. The molecule has 3 aromatic heterocycles. The highest BCUT2D eigenvalue weighted by atomic mass is 16.7. The van der Waals surface area contributed by atoms with Crippen LogP contribution in [0.5, 0.6) is 0 Å². The van der Waals surface area contributed by atoms with E-state index >= 15 is 0 Å². The monoisotopic (exact) mass is 445 g/mol. The third-order valence-corrected chi connectivity index (χ3v) is 6.60. The van der Waals surface area contributed by atoms with E-state index in [0.29, 0.717) is 12.5 Å². The van der Waals surface area contributed by atoms with Crippen LogP contribution in [0.15, 0.2) is 48.9 Å². The molecule has 172 valence electrons. The van der Waals surface area contributed by atoms with Crippen molar-refractivity contribution in [2.45, 2.75) is 47.0 Å². The molecule has 0 spiro atoms. The lowest BCUT2D eigenvalue weighted by atomic mass is 9.87. The van der Waals surface area contributed by atoms with Crippen molar-refractivity contribution in [3.63, 3.8) is 0 Å². The standard InChI is InChI=1S/C26H31N5O2/c1-17-6-8-19(9-7-17)30-13-11-22-24(30)28-15-20-14-27-23(31(20)22)21-16-29(12-10-18(21)2)33-25(32)26(3,4)5/h6-9,11,13-15,18,21H,10,12,16H2,1-5H3. The zero-order valence-electron chi connectivity index (χ0n) is 19.9. The van der Waals surface area contributed by atoms with Gasteiger partial charge in [-0.25, -0.2) is 14.8 Å². The number of nitrogens with zero attached hydrogens (tertiary/aromatic N) is 5. The van der Waals surface area contributed by atoms with Gasteiger partial charge in [0.2, 0.25) is 0 Å². The van der Waals surface area contributed by atoms with E-state index in [1.165, 1.54) is 5.56 Å². The molecule has 1 aliphatic rings. The summed E-state index contributed by atoms with van der Waals surface area (Å²) in [5.41, 5.74) is 4.66. The molecule has 0 bridgehead atoms. The molecule has 1 fully saturated rings. The maximum atomic E-state index is 12.5. The van der Waals surface area contributed by atoms with Crippen LogP contribution in [0.2, 0.25) is 0 Å². The molecule has 5 rings (SSSR count). The molecule has 7 heteroatoms. The highest BCUT2D eigenvalue weighted by Crippen LogP contribution is 2.34. The predicted molar refractivity (Wildman–Crippen MR) is 128 cm³/mol. The number of fused-ring (bicyclic) bond motifs is 3. The van der Waals surface area contributed by atoms with Gasteiger partial charge in [0, 0.05) is 30.9 Å². The maximum absolute atomic E-state index is 12.5. The van der Waals surface area contributed by atoms with Crippen LogP contribution in [0.1, 0.15) is 51.4 Å². The summed E-state index contributed by atoms with van der Waals surface area (Å²) in [4.78, 5) is 27.8. The van der Waals surface area contributed by atoms with Crippen molar-refractivity contribution in [1.29, 1.82) is 0 Å². The van der Waals surface area contributed by atoms with Crippen LogP contribution in [0.3, 0.4) is 0 Å². The molecule has 33 heavy (non-hydrogen) atoms. The van der Waals surface area contributed by atoms with Gasteiger partial charge >= 0.3 is 5.97 Å². The van der Waals surface area contributed by atoms with Crippen LogP contribution in [-0.2, 0) is 9.63 Å². The van der Waals surface area contributed by atoms with Gasteiger partial charge in [-0.05, 0) is 58.2 Å². The molecule has 4 heterocycles. The number of aryl methyl sites for hydroxylation is 1. The van der Waals surface area contributed by atoms with Crippen molar-refractivity contribution >= 4 is 22.6 Å². The maximum Gasteiger partial charge on any atom is 0.330 e. The predicted octanol–water partition coefficient (Wildman–Crippen LogP) is 4.91. The number of rotatable bonds is 3. The molecule has 0 aliphatic carbocycles. The minimum atomic E-state index is -0.532. The SMILES string of the molecule is Cc1ccc(-n2ccc3c2ncc2cnc(C4CN(OC(=O)C(C)(C)C)CCC4C)n23)cc1. The molecule has 0 amide bonds. The first kappa shape index (κ1) is 21.6. The second kappa shape index (κ2) is 7.99. The Labute approximate surface area is 194 Å². The lowest BCUT2D eigenvalue weighted by Gasteiger charge is -2.36. The molecular formula is C26H31N5O2. The van der Waals surface area contributed by atoms with Gasteiger partial charge in [0.05, 0.1) is 28.8 Å². The van der Waals surface area contributed by atoms with Crippen molar-refractivity contribution in [3.8, 4) is 5.69 Å². The van der Waals surface area contributed by atoms with Crippen LogP contribution in [-0.4, -0.2) is 43.1 Å². The van der Waals surface area contributed by atoms with Crippen molar-refractivity contribution < 1.29 is 9.63 Å². The van der Waals surface area contributed by atoms with Crippen molar-refractivity contribution in [3.05, 3.63) is 60.3 Å². The molecule has 4 aromatic rings. The fraction of sp³-hybridized carbons (Fsp3) is 0.423. The summed E-state index contributed by atoms with van der Waals surface area (Å²) in [5, 5.41) is 1.81. The lowest BCUT2D eigenvalue weighted by molar-refractivity contribution is -0.207. The summed E-state index contributed by atoms with van der Waals surface area (Å²) in [5.74, 6) is 1.35. The number of aromatic nitrogens is 4. The van der Waals surface area contributed by atoms with E-state index in [-0.39, 0.29) is 11.9 Å². The van der Waals surface area contributed by atoms with Gasteiger partial charge in [-0.3, -0.25) is 4.40 Å². The minimum Gasteiger partial charge on any atom is -0.367 e. The number of hydroxylamine groups is 2. The number of imidazole rings is 1. The van der Waals surface area contributed by atoms with Gasteiger partial charge in [-0.1, -0.05) is 24.6 Å². The average molecular weight is 446 g/mol. The fourth-order valence-electron chi connectivity index (χ4n) is 4.47. The Bertz CT molecular complexity index is 1310. The third kappa shape index (κ3) is 3.91. The van der Waals surface area contributed by atoms with Crippen LogP contribution < -0.4 is 0 Å². The van der Waals surface area contributed by atoms with Crippen LogP contribution in [0, 0.1) is 18.3 Å². The Hall–Kier alpha value is -3.19. The summed E-state index contributed by atoms with van der Waals surface area (Å²) < 4.78 is 4.32. The fourth-order valence-corrected chi connectivity index (χ4v) is 4.47. The van der Waals surface area contributed by atoms with Crippen molar-refractivity contribution in [2.75, 3.05) is 13.1 Å². The van der Waals surface area contributed by atoms with E-state index in [4.69, 9.17) is 14.8 Å². The van der Waals surface area contributed by atoms with Crippen LogP contribution >= 0.6 is 0 Å². The number of carbonyl (C=O) groups is 1. The quantitative estimate of drug-likeness (QED) is 0.448. The molecule has 2 atom stereocenters. The highest BCUT2D eigenvalue weighted by Gasteiger charge is 2.34. The Morgan fingerprint density at radius 1 is 1.09 bits per heavy atom. The summed E-state index contributed by atoms with van der Waals surface area (Å²) in [6.07, 6.45) is 6.77. The number of hydrogen-bond donors (Lipinski definition) is 0. The second-order valence-corrected chi connectivity index (χ2v) is 10.3. The van der Waals surface area contributed by atoms with Gasteiger partial charge in [-0.2, -0.15) is 0 Å². The smallest absolute Gasteiger partial charge is 0.330 e. The molecule has 0 saturated carbocycles. The van der Waals surface area contributed by atoms with Gasteiger partial charge in [-0.15, -0.1) is 5.06 Å². The van der Waals surface area contributed by atoms with E-state index in [0.717, 1.165) is 41.2 Å². The molecule has 2 unspecified atom stereocenters. The third-order valence-electron chi connectivity index (χ3n) is 6.60. The number of hydrogen-bond acceptors (Lipinski definition) is 5. The summed E-state index contributed by atoms with van der Waals surface area (Å²) >= 11 is 0. The number of carbonyl (C=O) groups excluding carboxylic acids is 1. The van der Waals surface area contributed by atoms with E-state index in [1.54, 1.807) is 0 Å². The number of piperidine rings is 1.